The average molecular weight is 536 g/mol. The molecule has 0 unspecified atom stereocenters. The first-order valence-electron chi connectivity index (χ1n) is 13.5. The van der Waals surface area contributed by atoms with Crippen LogP contribution in [0.15, 0.2) is 24.3 Å². The molecule has 10 heteroatoms. The maximum atomic E-state index is 13.4. The van der Waals surface area contributed by atoms with Gasteiger partial charge in [-0.3, -0.25) is 14.4 Å². The molecule has 2 heterocycles. The number of hydrogen-bond acceptors (Lipinski definition) is 6. The molecule has 1 fully saturated rings. The molecule has 206 valence electrons. The highest BCUT2D eigenvalue weighted by Gasteiger charge is 2.33. The Morgan fingerprint density at radius 3 is 2.16 bits per heavy atom. The third kappa shape index (κ3) is 9.32. The maximum Gasteiger partial charge on any atom is 0.255 e. The molecular formula is C27H41N3O6S. The van der Waals surface area contributed by atoms with E-state index in [1.807, 2.05) is 0 Å². The number of amides is 3. The largest absolute Gasteiger partial charge is 0.493 e. The van der Waals surface area contributed by atoms with Crippen LogP contribution < -0.4 is 10.1 Å². The van der Waals surface area contributed by atoms with Crippen LogP contribution in [-0.2, 0) is 19.4 Å². The van der Waals surface area contributed by atoms with Crippen LogP contribution in [0.25, 0.3) is 0 Å². The Bertz CT molecular complexity index is 1010. The second kappa shape index (κ2) is 14.4. The number of nitrogens with zero attached hydrogens (tertiary/aromatic N) is 2. The third-order valence-corrected chi connectivity index (χ3v) is 8.70. The molecule has 1 atom stereocenters. The zero-order chi connectivity index (χ0) is 26.7. The van der Waals surface area contributed by atoms with E-state index in [1.54, 1.807) is 36.2 Å². The molecule has 2 aliphatic heterocycles. The minimum absolute atomic E-state index is 0.0528. The summed E-state index contributed by atoms with van der Waals surface area (Å²) in [6.07, 6.45) is 9.62. The van der Waals surface area contributed by atoms with Crippen molar-refractivity contribution in [2.45, 2.75) is 70.3 Å². The van der Waals surface area contributed by atoms with Crippen molar-refractivity contribution in [3.8, 4) is 5.75 Å². The fraction of sp³-hybridized carbons (Fsp3) is 0.667. The van der Waals surface area contributed by atoms with Crippen molar-refractivity contribution in [2.24, 2.45) is 0 Å². The summed E-state index contributed by atoms with van der Waals surface area (Å²) in [5.74, 6) is -0.974. The predicted octanol–water partition coefficient (Wildman–Crippen LogP) is 2.79. The van der Waals surface area contributed by atoms with E-state index in [0.29, 0.717) is 24.5 Å². The Hall–Kier alpha value is -2.62. The summed E-state index contributed by atoms with van der Waals surface area (Å²) in [6.45, 7) is 1.19. The van der Waals surface area contributed by atoms with Gasteiger partial charge in [-0.2, -0.15) is 0 Å². The summed E-state index contributed by atoms with van der Waals surface area (Å²) in [7, 11) is -1.46. The zero-order valence-corrected chi connectivity index (χ0v) is 22.8. The number of fused-ring (bicyclic) bond motifs is 1. The van der Waals surface area contributed by atoms with Crippen LogP contribution in [0.2, 0.25) is 0 Å². The van der Waals surface area contributed by atoms with Crippen LogP contribution in [0, 0.1) is 0 Å². The van der Waals surface area contributed by atoms with Crippen molar-refractivity contribution >= 4 is 27.6 Å². The number of sulfone groups is 1. The quantitative estimate of drug-likeness (QED) is 0.592. The lowest BCUT2D eigenvalue weighted by molar-refractivity contribution is -0.138. The average Bonchev–Trinajstić information content (AvgIpc) is 2.88. The summed E-state index contributed by atoms with van der Waals surface area (Å²) in [4.78, 5) is 42.7. The van der Waals surface area contributed by atoms with Gasteiger partial charge >= 0.3 is 0 Å². The van der Waals surface area contributed by atoms with Gasteiger partial charge in [0.2, 0.25) is 11.8 Å². The third-order valence-electron chi connectivity index (χ3n) is 7.09. The molecule has 0 aliphatic carbocycles. The highest BCUT2D eigenvalue weighted by molar-refractivity contribution is 7.91. The number of carbonyl (C=O) groups excluding carboxylic acids is 3. The summed E-state index contributed by atoms with van der Waals surface area (Å²) >= 11 is 0. The Morgan fingerprint density at radius 2 is 1.49 bits per heavy atom. The Labute approximate surface area is 220 Å². The van der Waals surface area contributed by atoms with Gasteiger partial charge < -0.3 is 19.9 Å². The Morgan fingerprint density at radius 1 is 0.892 bits per heavy atom. The molecule has 0 spiro atoms. The van der Waals surface area contributed by atoms with Crippen molar-refractivity contribution in [3.05, 3.63) is 29.8 Å². The van der Waals surface area contributed by atoms with Crippen molar-refractivity contribution in [2.75, 3.05) is 44.8 Å². The minimum atomic E-state index is -3.18. The first kappa shape index (κ1) is 28.9. The molecule has 0 radical (unpaired) electrons. The van der Waals surface area contributed by atoms with E-state index in [2.05, 4.69) is 5.32 Å². The second-order valence-electron chi connectivity index (χ2n) is 10.0. The standard InChI is InChI=1S/C27H41N3O6S/c1-29-15-11-7-5-3-2-4-6-8-12-18-36-24-14-10-9-13-22(24)26(32)28-23(21-25(29)31)27(33)30-16-19-37(34,35)20-17-30/h9-10,13-14,23H,2-8,11-12,15-21H2,1H3,(H,28,32)/t23-/m0/s1. The van der Waals surface area contributed by atoms with E-state index in [-0.39, 0.29) is 36.9 Å². The predicted molar refractivity (Wildman–Crippen MR) is 142 cm³/mol. The lowest BCUT2D eigenvalue weighted by atomic mass is 10.1. The number of para-hydroxylation sites is 1. The lowest BCUT2D eigenvalue weighted by Crippen LogP contribution is -2.54. The first-order chi connectivity index (χ1) is 17.8. The van der Waals surface area contributed by atoms with Crippen LogP contribution in [-0.4, -0.2) is 86.8 Å². The Kier molecular flexibility index (Phi) is 11.2. The maximum absolute atomic E-state index is 13.4. The van der Waals surface area contributed by atoms with Gasteiger partial charge in [-0.05, 0) is 25.0 Å². The number of carbonyl (C=O) groups is 3. The minimum Gasteiger partial charge on any atom is -0.493 e. The summed E-state index contributed by atoms with van der Waals surface area (Å²) in [6, 6.07) is 5.79. The monoisotopic (exact) mass is 535 g/mol. The van der Waals surface area contributed by atoms with E-state index < -0.39 is 27.7 Å². The molecule has 0 saturated carbocycles. The summed E-state index contributed by atoms with van der Waals surface area (Å²) in [5, 5.41) is 2.76. The van der Waals surface area contributed by atoms with Crippen molar-refractivity contribution in [3.63, 3.8) is 0 Å². The van der Waals surface area contributed by atoms with Crippen LogP contribution in [0.1, 0.15) is 74.6 Å². The van der Waals surface area contributed by atoms with Crippen LogP contribution in [0.5, 0.6) is 5.75 Å². The summed E-state index contributed by atoms with van der Waals surface area (Å²) in [5.41, 5.74) is 0.303. The topological polar surface area (TPSA) is 113 Å². The summed E-state index contributed by atoms with van der Waals surface area (Å²) < 4.78 is 29.6. The highest BCUT2D eigenvalue weighted by Crippen LogP contribution is 2.20. The Balaban J connectivity index is 1.78. The molecule has 2 aliphatic rings. The van der Waals surface area contributed by atoms with Crippen LogP contribution in [0.3, 0.4) is 0 Å². The normalized spacial score (nSPS) is 23.3. The molecule has 1 N–H and O–H groups in total. The molecule has 1 aromatic rings. The number of ether oxygens (including phenoxy) is 1. The SMILES string of the molecule is CN1CCCCCCCCCCCOc2ccccc2C(=O)N[C@H](C(=O)N2CCS(=O)(=O)CC2)CC1=O. The zero-order valence-electron chi connectivity index (χ0n) is 22.0. The van der Waals surface area contributed by atoms with Crippen molar-refractivity contribution in [1.82, 2.24) is 15.1 Å². The van der Waals surface area contributed by atoms with Gasteiger partial charge in [0.05, 0.1) is 30.1 Å². The molecule has 1 saturated heterocycles. The van der Waals surface area contributed by atoms with Gasteiger partial charge in [0, 0.05) is 26.7 Å². The molecule has 3 amide bonds. The van der Waals surface area contributed by atoms with E-state index in [4.69, 9.17) is 4.74 Å². The molecule has 37 heavy (non-hydrogen) atoms. The molecular weight excluding hydrogens is 494 g/mol. The van der Waals surface area contributed by atoms with Crippen molar-refractivity contribution in [1.29, 1.82) is 0 Å². The molecule has 1 aromatic carbocycles. The number of hydrogen-bond donors (Lipinski definition) is 1. The number of benzene rings is 1. The first-order valence-corrected chi connectivity index (χ1v) is 15.3. The van der Waals surface area contributed by atoms with E-state index in [9.17, 15) is 22.8 Å². The number of rotatable bonds is 1. The van der Waals surface area contributed by atoms with Gasteiger partial charge in [-0.25, -0.2) is 8.42 Å². The van der Waals surface area contributed by atoms with Gasteiger partial charge in [-0.1, -0.05) is 57.1 Å². The van der Waals surface area contributed by atoms with E-state index in [1.165, 1.54) is 24.2 Å². The smallest absolute Gasteiger partial charge is 0.255 e. The molecule has 0 bridgehead atoms. The van der Waals surface area contributed by atoms with E-state index >= 15 is 0 Å². The number of nitrogens with one attached hydrogen (secondary N) is 1. The van der Waals surface area contributed by atoms with Gasteiger partial charge in [-0.15, -0.1) is 0 Å². The van der Waals surface area contributed by atoms with Crippen molar-refractivity contribution < 1.29 is 27.5 Å². The molecule has 9 nitrogen and oxygen atoms in total. The molecule has 0 aromatic heterocycles. The van der Waals surface area contributed by atoms with E-state index in [0.717, 1.165) is 38.5 Å². The van der Waals surface area contributed by atoms with Crippen LogP contribution >= 0.6 is 0 Å². The second-order valence-corrected chi connectivity index (χ2v) is 12.4. The van der Waals surface area contributed by atoms with Gasteiger partial charge in [0.15, 0.2) is 9.84 Å². The van der Waals surface area contributed by atoms with Gasteiger partial charge in [0.1, 0.15) is 11.8 Å². The fourth-order valence-corrected chi connectivity index (χ4v) is 5.90. The lowest BCUT2D eigenvalue weighted by Gasteiger charge is -2.31. The fourth-order valence-electron chi connectivity index (χ4n) is 4.70. The van der Waals surface area contributed by atoms with Crippen LogP contribution in [0.4, 0.5) is 0 Å². The molecule has 3 rings (SSSR count). The highest BCUT2D eigenvalue weighted by atomic mass is 32.2. The van der Waals surface area contributed by atoms with Gasteiger partial charge in [0.25, 0.3) is 5.91 Å².